The van der Waals surface area contributed by atoms with Crippen LogP contribution in [0.25, 0.3) is 0 Å². The van der Waals surface area contributed by atoms with Crippen LogP contribution in [0.15, 0.2) is 24.3 Å². The summed E-state index contributed by atoms with van der Waals surface area (Å²) in [4.78, 5) is 0. The van der Waals surface area contributed by atoms with Gasteiger partial charge in [-0.25, -0.2) is 0 Å². The highest BCUT2D eigenvalue weighted by molar-refractivity contribution is 5.28. The molecule has 0 amide bonds. The van der Waals surface area contributed by atoms with E-state index in [1.54, 1.807) is 7.11 Å². The molecule has 1 aliphatic rings. The van der Waals surface area contributed by atoms with E-state index in [2.05, 4.69) is 17.4 Å². The number of rotatable bonds is 6. The zero-order valence-corrected chi connectivity index (χ0v) is 9.83. The summed E-state index contributed by atoms with van der Waals surface area (Å²) in [5.74, 6) is 0.926. The zero-order chi connectivity index (χ0) is 11.4. The molecule has 0 aromatic heterocycles. The summed E-state index contributed by atoms with van der Waals surface area (Å²) in [6, 6.07) is 8.20. The molecule has 0 radical (unpaired) electrons. The van der Waals surface area contributed by atoms with E-state index >= 15 is 0 Å². The quantitative estimate of drug-likeness (QED) is 0.711. The molecule has 1 saturated carbocycles. The minimum Gasteiger partial charge on any atom is -0.497 e. The number of hydrogen-bond acceptors (Lipinski definition) is 3. The molecule has 3 nitrogen and oxygen atoms in total. The van der Waals surface area contributed by atoms with Crippen molar-refractivity contribution < 1.29 is 4.74 Å². The monoisotopic (exact) mass is 220 g/mol. The highest BCUT2D eigenvalue weighted by Crippen LogP contribution is 2.30. The van der Waals surface area contributed by atoms with Gasteiger partial charge in [0.1, 0.15) is 5.75 Å². The Morgan fingerprint density at radius 1 is 1.44 bits per heavy atom. The largest absolute Gasteiger partial charge is 0.497 e. The minimum absolute atomic E-state index is 0.106. The molecule has 88 valence electrons. The predicted molar refractivity (Wildman–Crippen MR) is 65.7 cm³/mol. The molecule has 0 heterocycles. The number of methoxy groups -OCH3 is 1. The molecule has 0 unspecified atom stereocenters. The lowest BCUT2D eigenvalue weighted by atomic mass is 10.1. The van der Waals surface area contributed by atoms with Crippen molar-refractivity contribution in [2.24, 2.45) is 5.73 Å². The fraction of sp³-hybridized carbons (Fsp3) is 0.538. The van der Waals surface area contributed by atoms with Crippen LogP contribution in [0.3, 0.4) is 0 Å². The second-order valence-electron chi connectivity index (χ2n) is 4.64. The summed E-state index contributed by atoms with van der Waals surface area (Å²) in [5.41, 5.74) is 7.39. The first kappa shape index (κ1) is 11.4. The van der Waals surface area contributed by atoms with Crippen molar-refractivity contribution in [3.05, 3.63) is 29.8 Å². The lowest BCUT2D eigenvalue weighted by molar-refractivity contribution is 0.414. The van der Waals surface area contributed by atoms with Crippen molar-refractivity contribution in [1.29, 1.82) is 0 Å². The normalized spacial score (nSPS) is 17.1. The van der Waals surface area contributed by atoms with Crippen LogP contribution in [-0.2, 0) is 6.42 Å². The number of nitrogens with two attached hydrogens (primary N) is 1. The van der Waals surface area contributed by atoms with Crippen molar-refractivity contribution in [3.63, 3.8) is 0 Å². The molecule has 0 aliphatic heterocycles. The Morgan fingerprint density at radius 2 is 2.25 bits per heavy atom. The molecule has 0 bridgehead atoms. The molecule has 3 heteroatoms. The average molecular weight is 220 g/mol. The van der Waals surface area contributed by atoms with Crippen molar-refractivity contribution >= 4 is 0 Å². The third kappa shape index (κ3) is 3.22. The first-order valence-electron chi connectivity index (χ1n) is 5.84. The Morgan fingerprint density at radius 3 is 2.94 bits per heavy atom. The highest BCUT2D eigenvalue weighted by atomic mass is 16.5. The fourth-order valence-corrected chi connectivity index (χ4v) is 1.74. The van der Waals surface area contributed by atoms with E-state index in [1.807, 2.05) is 12.1 Å². The van der Waals surface area contributed by atoms with Gasteiger partial charge in [-0.1, -0.05) is 12.1 Å². The number of benzene rings is 1. The molecular weight excluding hydrogens is 200 g/mol. The summed E-state index contributed by atoms with van der Waals surface area (Å²) in [6.45, 7) is 1.92. The first-order valence-corrected chi connectivity index (χ1v) is 5.84. The summed E-state index contributed by atoms with van der Waals surface area (Å²) >= 11 is 0. The Bertz CT molecular complexity index is 348. The van der Waals surface area contributed by atoms with Gasteiger partial charge in [0, 0.05) is 12.1 Å². The third-order valence-electron chi connectivity index (χ3n) is 3.09. The van der Waals surface area contributed by atoms with Crippen LogP contribution in [0.1, 0.15) is 18.4 Å². The van der Waals surface area contributed by atoms with Crippen LogP contribution >= 0.6 is 0 Å². The van der Waals surface area contributed by atoms with Gasteiger partial charge in [0.2, 0.25) is 0 Å². The molecule has 0 atom stereocenters. The molecule has 3 N–H and O–H groups in total. The van der Waals surface area contributed by atoms with Gasteiger partial charge in [0.05, 0.1) is 7.11 Å². The van der Waals surface area contributed by atoms with Crippen LogP contribution < -0.4 is 15.8 Å². The van der Waals surface area contributed by atoms with Crippen LogP contribution in [-0.4, -0.2) is 25.7 Å². The minimum atomic E-state index is 0.106. The molecule has 0 saturated heterocycles. The molecule has 1 aliphatic carbocycles. The molecule has 0 spiro atoms. The van der Waals surface area contributed by atoms with Gasteiger partial charge >= 0.3 is 0 Å². The van der Waals surface area contributed by atoms with Gasteiger partial charge in [0.15, 0.2) is 0 Å². The van der Waals surface area contributed by atoms with Crippen molar-refractivity contribution in [2.75, 3.05) is 20.2 Å². The lowest BCUT2D eigenvalue weighted by Crippen LogP contribution is -2.36. The maximum atomic E-state index is 5.99. The maximum absolute atomic E-state index is 5.99. The van der Waals surface area contributed by atoms with E-state index < -0.39 is 0 Å². The first-order chi connectivity index (χ1) is 7.72. The number of hydrogen-bond donors (Lipinski definition) is 2. The van der Waals surface area contributed by atoms with E-state index in [0.29, 0.717) is 0 Å². The van der Waals surface area contributed by atoms with E-state index in [0.717, 1.165) is 25.3 Å². The van der Waals surface area contributed by atoms with E-state index in [4.69, 9.17) is 10.5 Å². The smallest absolute Gasteiger partial charge is 0.119 e. The molecule has 1 fully saturated rings. The summed E-state index contributed by atoms with van der Waals surface area (Å²) in [7, 11) is 1.70. The van der Waals surface area contributed by atoms with Gasteiger partial charge < -0.3 is 15.8 Å². The highest BCUT2D eigenvalue weighted by Gasteiger charge is 2.37. The van der Waals surface area contributed by atoms with Gasteiger partial charge in [-0.2, -0.15) is 0 Å². The van der Waals surface area contributed by atoms with Gasteiger partial charge in [-0.3, -0.25) is 0 Å². The van der Waals surface area contributed by atoms with Crippen LogP contribution in [0, 0.1) is 0 Å². The lowest BCUT2D eigenvalue weighted by Gasteiger charge is -2.10. The summed E-state index contributed by atoms with van der Waals surface area (Å²) in [5, 5.41) is 3.41. The summed E-state index contributed by atoms with van der Waals surface area (Å²) < 4.78 is 5.18. The SMILES string of the molecule is COc1cccc(CCNCC2(N)CC2)c1. The van der Waals surface area contributed by atoms with Crippen LogP contribution in [0.5, 0.6) is 5.75 Å². The third-order valence-corrected chi connectivity index (χ3v) is 3.09. The molecule has 16 heavy (non-hydrogen) atoms. The zero-order valence-electron chi connectivity index (χ0n) is 9.83. The fourth-order valence-electron chi connectivity index (χ4n) is 1.74. The maximum Gasteiger partial charge on any atom is 0.119 e. The van der Waals surface area contributed by atoms with Crippen molar-refractivity contribution in [3.8, 4) is 5.75 Å². The van der Waals surface area contributed by atoms with E-state index in [1.165, 1.54) is 18.4 Å². The van der Waals surface area contributed by atoms with Gasteiger partial charge in [-0.05, 0) is 43.5 Å². The van der Waals surface area contributed by atoms with E-state index in [-0.39, 0.29) is 5.54 Å². The second-order valence-corrected chi connectivity index (χ2v) is 4.64. The van der Waals surface area contributed by atoms with Gasteiger partial charge in [0.25, 0.3) is 0 Å². The number of ether oxygens (including phenoxy) is 1. The van der Waals surface area contributed by atoms with Crippen LogP contribution in [0.4, 0.5) is 0 Å². The molecule has 1 aromatic carbocycles. The predicted octanol–water partition coefficient (Wildman–Crippen LogP) is 1.32. The topological polar surface area (TPSA) is 47.3 Å². The molecule has 1 aromatic rings. The van der Waals surface area contributed by atoms with E-state index in [9.17, 15) is 0 Å². The Kier molecular flexibility index (Phi) is 3.46. The number of nitrogens with one attached hydrogen (secondary N) is 1. The van der Waals surface area contributed by atoms with Crippen LogP contribution in [0.2, 0.25) is 0 Å². The Balaban J connectivity index is 1.71. The van der Waals surface area contributed by atoms with Gasteiger partial charge in [-0.15, -0.1) is 0 Å². The van der Waals surface area contributed by atoms with Crippen molar-refractivity contribution in [2.45, 2.75) is 24.8 Å². The molecule has 2 rings (SSSR count). The Labute approximate surface area is 97.0 Å². The average Bonchev–Trinajstić information content (AvgIpc) is 3.04. The molecular formula is C13H20N2O. The standard InChI is InChI=1S/C13H20N2O/c1-16-12-4-2-3-11(9-12)5-8-15-10-13(14)6-7-13/h2-4,9,15H,5-8,10,14H2,1H3. The Hall–Kier alpha value is -1.06. The second kappa shape index (κ2) is 4.85. The van der Waals surface area contributed by atoms with Crippen molar-refractivity contribution in [1.82, 2.24) is 5.32 Å². The summed E-state index contributed by atoms with van der Waals surface area (Å²) in [6.07, 6.45) is 3.35.